The van der Waals surface area contributed by atoms with Gasteiger partial charge in [-0.1, -0.05) is 19.9 Å². The molecule has 0 aliphatic heterocycles. The second kappa shape index (κ2) is 5.01. The largest absolute Gasteiger partial charge is 0.367 e. The minimum absolute atomic E-state index is 0.153. The van der Waals surface area contributed by atoms with Crippen molar-refractivity contribution in [1.29, 1.82) is 0 Å². The van der Waals surface area contributed by atoms with E-state index in [1.807, 2.05) is 12.1 Å². The van der Waals surface area contributed by atoms with Crippen molar-refractivity contribution in [1.82, 2.24) is 19.6 Å². The summed E-state index contributed by atoms with van der Waals surface area (Å²) in [6.45, 7) is 2.99. The Morgan fingerprint density at radius 2 is 1.86 bits per heavy atom. The Balaban J connectivity index is 2.04. The number of nitrogens with zero attached hydrogens (tertiary/aromatic N) is 4. The summed E-state index contributed by atoms with van der Waals surface area (Å²) in [6.07, 6.45) is 0.632. The highest BCUT2D eigenvalue weighted by Gasteiger charge is 2.31. The van der Waals surface area contributed by atoms with Crippen LogP contribution in [0.4, 0.5) is 14.7 Å². The molecule has 7 heteroatoms. The second-order valence-corrected chi connectivity index (χ2v) is 5.63. The smallest absolute Gasteiger partial charge is 0.247 e. The number of anilines is 1. The molecule has 3 aromatic heterocycles. The Bertz CT molecular complexity index is 808. The van der Waals surface area contributed by atoms with E-state index in [1.54, 1.807) is 22.8 Å². The second-order valence-electron chi connectivity index (χ2n) is 5.63. The predicted molar refractivity (Wildman–Crippen MR) is 79.7 cm³/mol. The minimum atomic E-state index is -2.46. The topological polar surface area (TPSA) is 69.1 Å². The van der Waals surface area contributed by atoms with E-state index < -0.39 is 11.8 Å². The maximum atomic E-state index is 13.1. The van der Waals surface area contributed by atoms with Gasteiger partial charge >= 0.3 is 0 Å². The van der Waals surface area contributed by atoms with Crippen LogP contribution in [0.2, 0.25) is 0 Å². The molecule has 0 fully saturated rings. The highest BCUT2D eigenvalue weighted by Crippen LogP contribution is 2.30. The van der Waals surface area contributed by atoms with Gasteiger partial charge in [0.1, 0.15) is 0 Å². The lowest BCUT2D eigenvalue weighted by molar-refractivity contribution is 0.0692. The van der Waals surface area contributed by atoms with Crippen LogP contribution in [0.5, 0.6) is 0 Å². The van der Waals surface area contributed by atoms with Gasteiger partial charge in [0.2, 0.25) is 12.4 Å². The normalized spacial score (nSPS) is 12.2. The van der Waals surface area contributed by atoms with E-state index in [1.165, 1.54) is 20.0 Å². The molecule has 0 aliphatic rings. The van der Waals surface area contributed by atoms with Crippen LogP contribution in [-0.4, -0.2) is 26.0 Å². The molecule has 3 aromatic rings. The van der Waals surface area contributed by atoms with Crippen LogP contribution in [0.3, 0.4) is 0 Å². The molecule has 22 heavy (non-hydrogen) atoms. The fourth-order valence-electron chi connectivity index (χ4n) is 2.16. The standard InChI is InChI=1S/C15H15F2N5/c1-15(2,13(16)17)9-3-5-11(19-7-9)12-6-4-10-8-20-14(18)21-22(10)12/h3-8,13H,1-2H3,(H2,18,21). The quantitative estimate of drug-likeness (QED) is 0.807. The first kappa shape index (κ1) is 14.4. The lowest BCUT2D eigenvalue weighted by atomic mass is 9.86. The summed E-state index contributed by atoms with van der Waals surface area (Å²) in [5, 5.41) is 4.13. The van der Waals surface area contributed by atoms with E-state index in [-0.39, 0.29) is 5.95 Å². The first-order chi connectivity index (χ1) is 10.4. The van der Waals surface area contributed by atoms with Gasteiger partial charge in [-0.15, -0.1) is 5.10 Å². The molecular weight excluding hydrogens is 288 g/mol. The van der Waals surface area contributed by atoms with Crippen molar-refractivity contribution in [2.45, 2.75) is 25.7 Å². The van der Waals surface area contributed by atoms with E-state index in [9.17, 15) is 8.78 Å². The third-order valence-electron chi connectivity index (χ3n) is 3.73. The molecule has 0 unspecified atom stereocenters. The van der Waals surface area contributed by atoms with Crippen LogP contribution >= 0.6 is 0 Å². The molecule has 0 radical (unpaired) electrons. The van der Waals surface area contributed by atoms with Crippen LogP contribution < -0.4 is 5.73 Å². The van der Waals surface area contributed by atoms with Crippen LogP contribution in [0.1, 0.15) is 19.4 Å². The Morgan fingerprint density at radius 1 is 1.09 bits per heavy atom. The van der Waals surface area contributed by atoms with Crippen LogP contribution in [0.15, 0.2) is 36.7 Å². The van der Waals surface area contributed by atoms with Gasteiger partial charge in [-0.25, -0.2) is 18.3 Å². The predicted octanol–water partition coefficient (Wildman–Crippen LogP) is 2.92. The molecule has 0 saturated heterocycles. The molecule has 3 heterocycles. The number of hydrogen-bond acceptors (Lipinski definition) is 4. The zero-order valence-electron chi connectivity index (χ0n) is 12.2. The number of nitrogen functional groups attached to an aromatic ring is 1. The molecule has 114 valence electrons. The van der Waals surface area contributed by atoms with Crippen LogP contribution in [0.25, 0.3) is 16.9 Å². The lowest BCUT2D eigenvalue weighted by Crippen LogP contribution is -2.26. The van der Waals surface area contributed by atoms with Gasteiger partial charge in [-0.2, -0.15) is 0 Å². The first-order valence-electron chi connectivity index (χ1n) is 6.75. The average molecular weight is 303 g/mol. The number of rotatable bonds is 3. The van der Waals surface area contributed by atoms with Crippen molar-refractivity contribution in [3.05, 3.63) is 42.2 Å². The van der Waals surface area contributed by atoms with Crippen molar-refractivity contribution in [3.63, 3.8) is 0 Å². The molecule has 5 nitrogen and oxygen atoms in total. The molecule has 0 bridgehead atoms. The maximum Gasteiger partial charge on any atom is 0.247 e. The highest BCUT2D eigenvalue weighted by molar-refractivity contribution is 5.63. The number of nitrogens with two attached hydrogens (primary N) is 1. The van der Waals surface area contributed by atoms with Gasteiger partial charge in [-0.3, -0.25) is 4.98 Å². The summed E-state index contributed by atoms with van der Waals surface area (Å²) < 4.78 is 27.8. The fourth-order valence-corrected chi connectivity index (χ4v) is 2.16. The number of aromatic nitrogens is 4. The monoisotopic (exact) mass is 303 g/mol. The van der Waals surface area contributed by atoms with Gasteiger partial charge in [0.25, 0.3) is 0 Å². The summed E-state index contributed by atoms with van der Waals surface area (Å²) in [5.41, 5.74) is 6.99. The van der Waals surface area contributed by atoms with Crippen LogP contribution in [0, 0.1) is 0 Å². The van der Waals surface area contributed by atoms with E-state index in [2.05, 4.69) is 15.1 Å². The summed E-state index contributed by atoms with van der Waals surface area (Å²) in [4.78, 5) is 8.22. The van der Waals surface area contributed by atoms with Crippen molar-refractivity contribution in [2.24, 2.45) is 0 Å². The molecule has 0 aliphatic carbocycles. The van der Waals surface area contributed by atoms with Crippen molar-refractivity contribution < 1.29 is 8.78 Å². The molecule has 2 N–H and O–H groups in total. The Kier molecular flexibility index (Phi) is 3.27. The molecule has 3 rings (SSSR count). The lowest BCUT2D eigenvalue weighted by Gasteiger charge is -2.23. The van der Waals surface area contributed by atoms with Crippen molar-refractivity contribution >= 4 is 11.5 Å². The summed E-state index contributed by atoms with van der Waals surface area (Å²) in [7, 11) is 0. The zero-order valence-corrected chi connectivity index (χ0v) is 12.2. The zero-order chi connectivity index (χ0) is 15.9. The van der Waals surface area contributed by atoms with Gasteiger partial charge < -0.3 is 5.73 Å². The molecular formula is C15H15F2N5. The Hall–Kier alpha value is -2.57. The number of hydrogen-bond donors (Lipinski definition) is 1. The molecule has 0 spiro atoms. The van der Waals surface area contributed by atoms with E-state index in [4.69, 9.17) is 5.73 Å². The van der Waals surface area contributed by atoms with E-state index in [0.717, 1.165) is 11.2 Å². The van der Waals surface area contributed by atoms with E-state index in [0.29, 0.717) is 11.3 Å². The van der Waals surface area contributed by atoms with E-state index >= 15 is 0 Å². The van der Waals surface area contributed by atoms with Crippen LogP contribution in [-0.2, 0) is 5.41 Å². The molecule has 0 aromatic carbocycles. The highest BCUT2D eigenvalue weighted by atomic mass is 19.3. The SMILES string of the molecule is CC(C)(c1ccc(-c2ccc3cnc(N)nn23)nc1)C(F)F. The summed E-state index contributed by atoms with van der Waals surface area (Å²) in [5.74, 6) is 0.153. The van der Waals surface area contributed by atoms with Gasteiger partial charge in [0.05, 0.1) is 28.5 Å². The fraction of sp³-hybridized carbons (Fsp3) is 0.267. The molecule has 0 amide bonds. The van der Waals surface area contributed by atoms with Gasteiger partial charge in [0.15, 0.2) is 0 Å². The molecule has 0 atom stereocenters. The maximum absolute atomic E-state index is 13.1. The average Bonchev–Trinajstić information content (AvgIpc) is 2.90. The Morgan fingerprint density at radius 3 is 2.50 bits per heavy atom. The first-order valence-corrected chi connectivity index (χ1v) is 6.75. The van der Waals surface area contributed by atoms with Gasteiger partial charge in [0, 0.05) is 6.20 Å². The Labute approximate surface area is 125 Å². The third-order valence-corrected chi connectivity index (χ3v) is 3.73. The number of fused-ring (bicyclic) bond motifs is 1. The number of halogens is 2. The number of pyridine rings is 1. The van der Waals surface area contributed by atoms with Gasteiger partial charge in [-0.05, 0) is 23.8 Å². The molecule has 0 saturated carbocycles. The third kappa shape index (κ3) is 2.28. The number of alkyl halides is 2. The summed E-state index contributed by atoms with van der Waals surface area (Å²) >= 11 is 0. The minimum Gasteiger partial charge on any atom is -0.367 e. The van der Waals surface area contributed by atoms with Crippen molar-refractivity contribution in [2.75, 3.05) is 5.73 Å². The summed E-state index contributed by atoms with van der Waals surface area (Å²) in [6, 6.07) is 7.05. The van der Waals surface area contributed by atoms with Crippen molar-refractivity contribution in [3.8, 4) is 11.4 Å².